The number of carbonyl (C=O) groups excluding carboxylic acids is 2. The summed E-state index contributed by atoms with van der Waals surface area (Å²) in [5.74, 6) is -0.0583. The summed E-state index contributed by atoms with van der Waals surface area (Å²) in [6.07, 6.45) is 2.88. The van der Waals surface area contributed by atoms with E-state index in [2.05, 4.69) is 20.8 Å². The molecule has 3 nitrogen and oxygen atoms in total. The monoisotopic (exact) mass is 322 g/mol. The van der Waals surface area contributed by atoms with Crippen molar-refractivity contribution in [1.82, 2.24) is 0 Å². The summed E-state index contributed by atoms with van der Waals surface area (Å²) in [6.45, 7) is 6.45. The van der Waals surface area contributed by atoms with Gasteiger partial charge < -0.3 is 4.74 Å². The number of Topliss-reactive ketones (excluding diaryl/α,β-unsaturated/α-hetero) is 1. The summed E-state index contributed by atoms with van der Waals surface area (Å²) >= 11 is 5.79. The van der Waals surface area contributed by atoms with Gasteiger partial charge in [-0.05, 0) is 54.9 Å². The molecule has 120 valence electrons. The van der Waals surface area contributed by atoms with Gasteiger partial charge in [0, 0.05) is 10.6 Å². The fourth-order valence-corrected chi connectivity index (χ4v) is 3.29. The highest BCUT2D eigenvalue weighted by Crippen LogP contribution is 2.35. The van der Waals surface area contributed by atoms with E-state index in [9.17, 15) is 9.59 Å². The molecule has 1 aliphatic carbocycles. The van der Waals surface area contributed by atoms with Gasteiger partial charge in [0.05, 0.1) is 0 Å². The molecule has 1 aliphatic rings. The van der Waals surface area contributed by atoms with Gasteiger partial charge in [-0.25, -0.2) is 4.79 Å². The van der Waals surface area contributed by atoms with Crippen molar-refractivity contribution < 1.29 is 14.3 Å². The van der Waals surface area contributed by atoms with Gasteiger partial charge in [0.2, 0.25) is 0 Å². The van der Waals surface area contributed by atoms with E-state index in [-0.39, 0.29) is 6.10 Å². The van der Waals surface area contributed by atoms with Crippen LogP contribution in [0.3, 0.4) is 0 Å². The highest BCUT2D eigenvalue weighted by molar-refractivity contribution is 6.40. The van der Waals surface area contributed by atoms with Crippen LogP contribution in [-0.2, 0) is 9.53 Å². The first-order valence-corrected chi connectivity index (χ1v) is 8.27. The normalized spacial score (nSPS) is 25.0. The Morgan fingerprint density at radius 3 is 2.41 bits per heavy atom. The van der Waals surface area contributed by atoms with Gasteiger partial charge in [-0.1, -0.05) is 38.8 Å². The Morgan fingerprint density at radius 2 is 1.82 bits per heavy atom. The van der Waals surface area contributed by atoms with Crippen molar-refractivity contribution in [3.63, 3.8) is 0 Å². The van der Waals surface area contributed by atoms with Crippen LogP contribution < -0.4 is 0 Å². The van der Waals surface area contributed by atoms with E-state index in [0.29, 0.717) is 28.3 Å². The molecule has 0 N–H and O–H groups in total. The predicted molar refractivity (Wildman–Crippen MR) is 87.0 cm³/mol. The largest absolute Gasteiger partial charge is 0.456 e. The Kier molecular flexibility index (Phi) is 5.63. The van der Waals surface area contributed by atoms with Crippen molar-refractivity contribution in [2.45, 2.75) is 46.1 Å². The van der Waals surface area contributed by atoms with Gasteiger partial charge in [0.15, 0.2) is 0 Å². The van der Waals surface area contributed by atoms with Crippen LogP contribution in [0.4, 0.5) is 0 Å². The lowest BCUT2D eigenvalue weighted by Crippen LogP contribution is -2.37. The summed E-state index contributed by atoms with van der Waals surface area (Å²) in [5.41, 5.74) is 0.319. The van der Waals surface area contributed by atoms with Gasteiger partial charge in [-0.2, -0.15) is 0 Å². The van der Waals surface area contributed by atoms with Gasteiger partial charge in [-0.15, -0.1) is 0 Å². The SMILES string of the molecule is CC(C)[C@@H]1CC[C@@H](C)C[C@@H]1OC(=O)C(=O)c1ccc(Cl)cc1. The number of hydrogen-bond acceptors (Lipinski definition) is 3. The van der Waals surface area contributed by atoms with Crippen LogP contribution in [0.1, 0.15) is 50.4 Å². The Hall–Kier alpha value is -1.35. The Labute approximate surface area is 137 Å². The molecule has 0 unspecified atom stereocenters. The zero-order chi connectivity index (χ0) is 16.3. The van der Waals surface area contributed by atoms with Crippen molar-refractivity contribution in [3.8, 4) is 0 Å². The van der Waals surface area contributed by atoms with Crippen LogP contribution >= 0.6 is 11.6 Å². The first-order valence-electron chi connectivity index (χ1n) is 7.89. The Balaban J connectivity index is 2.05. The highest BCUT2D eigenvalue weighted by atomic mass is 35.5. The molecular formula is C18H23ClO3. The predicted octanol–water partition coefficient (Wildman–Crippen LogP) is 4.53. The number of ketones is 1. The molecule has 1 saturated carbocycles. The highest BCUT2D eigenvalue weighted by Gasteiger charge is 2.34. The van der Waals surface area contributed by atoms with Crippen LogP contribution in [0.25, 0.3) is 0 Å². The number of hydrogen-bond donors (Lipinski definition) is 0. The fourth-order valence-electron chi connectivity index (χ4n) is 3.16. The molecule has 2 rings (SSSR count). The van der Waals surface area contributed by atoms with E-state index < -0.39 is 11.8 Å². The van der Waals surface area contributed by atoms with Gasteiger partial charge >= 0.3 is 5.97 Å². The Morgan fingerprint density at radius 1 is 1.18 bits per heavy atom. The standard InChI is InChI=1S/C18H23ClO3/c1-11(2)15-9-4-12(3)10-16(15)22-18(21)17(20)13-5-7-14(19)8-6-13/h5-8,11-12,15-16H,4,9-10H2,1-3H3/t12-,15+,16+/m1/s1. The van der Waals surface area contributed by atoms with Gasteiger partial charge in [-0.3, -0.25) is 4.79 Å². The van der Waals surface area contributed by atoms with Crippen molar-refractivity contribution in [2.24, 2.45) is 17.8 Å². The third-order valence-corrected chi connectivity index (χ3v) is 4.76. The van der Waals surface area contributed by atoms with Crippen molar-refractivity contribution in [1.29, 1.82) is 0 Å². The van der Waals surface area contributed by atoms with Crippen LogP contribution in [0.5, 0.6) is 0 Å². The van der Waals surface area contributed by atoms with Gasteiger partial charge in [0.1, 0.15) is 6.10 Å². The topological polar surface area (TPSA) is 43.4 Å². The number of esters is 1. The van der Waals surface area contributed by atoms with Crippen molar-refractivity contribution in [2.75, 3.05) is 0 Å². The molecule has 3 atom stereocenters. The average molecular weight is 323 g/mol. The molecule has 1 aromatic rings. The van der Waals surface area contributed by atoms with E-state index in [1.54, 1.807) is 24.3 Å². The molecule has 0 amide bonds. The first kappa shape index (κ1) is 17.0. The summed E-state index contributed by atoms with van der Waals surface area (Å²) in [4.78, 5) is 24.3. The fraction of sp³-hybridized carbons (Fsp3) is 0.556. The average Bonchev–Trinajstić information content (AvgIpc) is 2.47. The quantitative estimate of drug-likeness (QED) is 0.465. The molecule has 0 aromatic heterocycles. The van der Waals surface area contributed by atoms with Crippen LogP contribution in [-0.4, -0.2) is 17.9 Å². The minimum atomic E-state index is -0.757. The molecule has 22 heavy (non-hydrogen) atoms. The van der Waals surface area contributed by atoms with E-state index in [1.165, 1.54) is 0 Å². The summed E-state index contributed by atoms with van der Waals surface area (Å²) < 4.78 is 5.56. The van der Waals surface area contributed by atoms with E-state index in [1.807, 2.05) is 0 Å². The third kappa shape index (κ3) is 4.10. The second-order valence-corrected chi connectivity index (χ2v) is 7.04. The second kappa shape index (κ2) is 7.28. The van der Waals surface area contributed by atoms with Crippen LogP contribution in [0, 0.1) is 17.8 Å². The summed E-state index contributed by atoms with van der Waals surface area (Å²) in [6, 6.07) is 6.30. The minimum absolute atomic E-state index is 0.160. The van der Waals surface area contributed by atoms with E-state index in [4.69, 9.17) is 16.3 Å². The van der Waals surface area contributed by atoms with Crippen molar-refractivity contribution in [3.05, 3.63) is 34.9 Å². The number of carbonyl (C=O) groups is 2. The molecule has 0 bridgehead atoms. The molecule has 4 heteroatoms. The zero-order valence-corrected chi connectivity index (χ0v) is 14.1. The summed E-state index contributed by atoms with van der Waals surface area (Å²) in [5, 5.41) is 0.533. The van der Waals surface area contributed by atoms with Crippen molar-refractivity contribution >= 4 is 23.4 Å². The molecular weight excluding hydrogens is 300 g/mol. The minimum Gasteiger partial charge on any atom is -0.456 e. The van der Waals surface area contributed by atoms with Crippen LogP contribution in [0.15, 0.2) is 24.3 Å². The lowest BCUT2D eigenvalue weighted by Gasteiger charge is -2.36. The van der Waals surface area contributed by atoms with E-state index >= 15 is 0 Å². The molecule has 0 radical (unpaired) electrons. The summed E-state index contributed by atoms with van der Waals surface area (Å²) in [7, 11) is 0. The maximum Gasteiger partial charge on any atom is 0.379 e. The third-order valence-electron chi connectivity index (χ3n) is 4.51. The molecule has 0 aliphatic heterocycles. The smallest absolute Gasteiger partial charge is 0.379 e. The number of ether oxygens (including phenoxy) is 1. The second-order valence-electron chi connectivity index (χ2n) is 6.61. The molecule has 0 heterocycles. The Bertz CT molecular complexity index is 536. The zero-order valence-electron chi connectivity index (χ0n) is 13.3. The first-order chi connectivity index (χ1) is 10.4. The molecule has 0 spiro atoms. The lowest BCUT2D eigenvalue weighted by atomic mass is 9.75. The maximum absolute atomic E-state index is 12.2. The molecule has 0 saturated heterocycles. The molecule has 1 fully saturated rings. The van der Waals surface area contributed by atoms with E-state index in [0.717, 1.165) is 19.3 Å². The maximum atomic E-state index is 12.2. The number of rotatable bonds is 4. The number of benzene rings is 1. The molecule has 1 aromatic carbocycles. The number of halogens is 1. The van der Waals surface area contributed by atoms with Gasteiger partial charge in [0.25, 0.3) is 5.78 Å². The van der Waals surface area contributed by atoms with Crippen LogP contribution in [0.2, 0.25) is 5.02 Å². The lowest BCUT2D eigenvalue weighted by molar-refractivity contribution is -0.149.